The molecule has 0 fully saturated rings. The summed E-state index contributed by atoms with van der Waals surface area (Å²) in [6, 6.07) is 11.1. The summed E-state index contributed by atoms with van der Waals surface area (Å²) < 4.78 is 10.1. The Morgan fingerprint density at radius 3 is 2.68 bits per heavy atom. The average molecular weight is 278 g/mol. The van der Waals surface area contributed by atoms with E-state index in [2.05, 4.69) is 9.72 Å². The van der Waals surface area contributed by atoms with Crippen molar-refractivity contribution in [2.75, 3.05) is 7.11 Å². The Labute approximate surface area is 115 Å². The molecule has 0 saturated carbocycles. The van der Waals surface area contributed by atoms with Gasteiger partial charge in [0.05, 0.1) is 12.1 Å². The van der Waals surface area contributed by atoms with Crippen LogP contribution in [0, 0.1) is 0 Å². The third-order valence-corrected chi connectivity index (χ3v) is 2.71. The molecule has 0 spiro atoms. The number of aromatic nitrogens is 1. The number of halogens is 1. The van der Waals surface area contributed by atoms with E-state index in [1.54, 1.807) is 12.3 Å². The fraction of sp³-hybridized carbons (Fsp3) is 0.143. The first-order valence-corrected chi connectivity index (χ1v) is 5.99. The minimum Gasteiger partial charge on any atom is -0.489 e. The zero-order chi connectivity index (χ0) is 13.7. The molecule has 4 nitrogen and oxygen atoms in total. The molecule has 19 heavy (non-hydrogen) atoms. The van der Waals surface area contributed by atoms with Gasteiger partial charge in [0.1, 0.15) is 12.4 Å². The maximum absolute atomic E-state index is 11.3. The highest BCUT2D eigenvalue weighted by Gasteiger charge is 2.12. The van der Waals surface area contributed by atoms with Crippen LogP contribution in [0.1, 0.15) is 16.1 Å². The molecule has 0 amide bonds. The molecule has 0 radical (unpaired) electrons. The number of para-hydroxylation sites is 1. The van der Waals surface area contributed by atoms with E-state index in [1.807, 2.05) is 30.3 Å². The summed E-state index contributed by atoms with van der Waals surface area (Å²) in [4.78, 5) is 15.3. The first-order chi connectivity index (χ1) is 9.20. The van der Waals surface area contributed by atoms with Crippen LogP contribution in [-0.2, 0) is 11.3 Å². The Kier molecular flexibility index (Phi) is 4.36. The Morgan fingerprint density at radius 2 is 2.05 bits per heavy atom. The number of nitrogens with zero attached hydrogens (tertiary/aromatic N) is 1. The molecule has 0 atom stereocenters. The molecule has 1 aromatic heterocycles. The summed E-state index contributed by atoms with van der Waals surface area (Å²) in [7, 11) is 1.28. The highest BCUT2D eigenvalue weighted by molar-refractivity contribution is 6.33. The molecule has 5 heteroatoms. The van der Waals surface area contributed by atoms with E-state index in [0.29, 0.717) is 6.61 Å². The average Bonchev–Trinajstić information content (AvgIpc) is 2.45. The number of rotatable bonds is 4. The minimum atomic E-state index is -0.555. The van der Waals surface area contributed by atoms with Crippen molar-refractivity contribution < 1.29 is 14.3 Å². The normalized spacial score (nSPS) is 10.0. The van der Waals surface area contributed by atoms with Gasteiger partial charge in [0.25, 0.3) is 0 Å². The van der Waals surface area contributed by atoms with Crippen molar-refractivity contribution in [3.63, 3.8) is 0 Å². The number of hydrogen-bond donors (Lipinski definition) is 0. The molecule has 0 saturated heterocycles. The van der Waals surface area contributed by atoms with Gasteiger partial charge in [0.15, 0.2) is 5.69 Å². The van der Waals surface area contributed by atoms with Gasteiger partial charge in [-0.3, -0.25) is 0 Å². The number of esters is 1. The summed E-state index contributed by atoms with van der Waals surface area (Å²) in [5.74, 6) is 0.205. The fourth-order valence-electron chi connectivity index (χ4n) is 1.49. The predicted molar refractivity (Wildman–Crippen MR) is 71.4 cm³/mol. The molecule has 1 heterocycles. The fourth-order valence-corrected chi connectivity index (χ4v) is 1.75. The molecular formula is C14H12ClNO3. The number of benzene rings is 1. The van der Waals surface area contributed by atoms with Crippen LogP contribution in [0.3, 0.4) is 0 Å². The van der Waals surface area contributed by atoms with Gasteiger partial charge in [-0.05, 0) is 18.2 Å². The first-order valence-electron chi connectivity index (χ1n) is 5.61. The van der Waals surface area contributed by atoms with Gasteiger partial charge in [0, 0.05) is 11.8 Å². The molecule has 0 unspecified atom stereocenters. The van der Waals surface area contributed by atoms with Crippen LogP contribution in [0.5, 0.6) is 5.75 Å². The van der Waals surface area contributed by atoms with E-state index in [9.17, 15) is 4.79 Å². The van der Waals surface area contributed by atoms with Crippen LogP contribution in [-0.4, -0.2) is 18.1 Å². The van der Waals surface area contributed by atoms with E-state index in [-0.39, 0.29) is 10.7 Å². The topological polar surface area (TPSA) is 48.4 Å². The van der Waals surface area contributed by atoms with Crippen molar-refractivity contribution >= 4 is 17.6 Å². The lowest BCUT2D eigenvalue weighted by molar-refractivity contribution is 0.0594. The van der Waals surface area contributed by atoms with E-state index < -0.39 is 5.97 Å². The van der Waals surface area contributed by atoms with Crippen LogP contribution < -0.4 is 4.74 Å². The third kappa shape index (κ3) is 3.45. The molecular weight excluding hydrogens is 266 g/mol. The van der Waals surface area contributed by atoms with E-state index in [4.69, 9.17) is 16.3 Å². The van der Waals surface area contributed by atoms with E-state index in [0.717, 1.165) is 11.3 Å². The van der Waals surface area contributed by atoms with Crippen LogP contribution in [0.2, 0.25) is 5.02 Å². The lowest BCUT2D eigenvalue weighted by Gasteiger charge is -2.07. The van der Waals surface area contributed by atoms with Crippen molar-refractivity contribution in [1.82, 2.24) is 4.98 Å². The Morgan fingerprint density at radius 1 is 1.32 bits per heavy atom. The summed E-state index contributed by atoms with van der Waals surface area (Å²) >= 11 is 5.97. The summed E-state index contributed by atoms with van der Waals surface area (Å²) in [5, 5.41) is 0.251. The maximum atomic E-state index is 11.3. The predicted octanol–water partition coefficient (Wildman–Crippen LogP) is 3.10. The maximum Gasteiger partial charge on any atom is 0.358 e. The Hall–Kier alpha value is -2.07. The van der Waals surface area contributed by atoms with Crippen molar-refractivity contribution in [3.8, 4) is 5.75 Å². The molecule has 0 bridgehead atoms. The van der Waals surface area contributed by atoms with Gasteiger partial charge < -0.3 is 9.47 Å². The number of hydrogen-bond acceptors (Lipinski definition) is 4. The Bertz CT molecular complexity index is 572. The minimum absolute atomic E-state index is 0.104. The quantitative estimate of drug-likeness (QED) is 0.806. The largest absolute Gasteiger partial charge is 0.489 e. The molecule has 2 rings (SSSR count). The number of ether oxygens (including phenoxy) is 2. The van der Waals surface area contributed by atoms with Crippen molar-refractivity contribution in [1.29, 1.82) is 0 Å². The van der Waals surface area contributed by atoms with Crippen molar-refractivity contribution in [3.05, 3.63) is 58.9 Å². The first kappa shape index (κ1) is 13.4. The molecule has 0 aliphatic carbocycles. The molecule has 0 aliphatic heterocycles. The monoisotopic (exact) mass is 277 g/mol. The second kappa shape index (κ2) is 6.20. The van der Waals surface area contributed by atoms with Gasteiger partial charge in [-0.1, -0.05) is 29.8 Å². The Balaban J connectivity index is 2.06. The summed E-state index contributed by atoms with van der Waals surface area (Å²) in [5.41, 5.74) is 0.883. The highest BCUT2D eigenvalue weighted by Crippen LogP contribution is 2.18. The van der Waals surface area contributed by atoms with Gasteiger partial charge in [-0.2, -0.15) is 0 Å². The number of pyridine rings is 1. The summed E-state index contributed by atoms with van der Waals surface area (Å²) in [6.07, 6.45) is 1.54. The van der Waals surface area contributed by atoms with Crippen molar-refractivity contribution in [2.24, 2.45) is 0 Å². The van der Waals surface area contributed by atoms with Gasteiger partial charge >= 0.3 is 5.97 Å². The SMILES string of the molecule is COC(=O)c1ncc(COc2ccccc2)cc1Cl. The third-order valence-electron chi connectivity index (χ3n) is 2.43. The van der Waals surface area contributed by atoms with Crippen LogP contribution in [0.25, 0.3) is 0 Å². The van der Waals surface area contributed by atoms with E-state index in [1.165, 1.54) is 7.11 Å². The second-order valence-electron chi connectivity index (χ2n) is 3.77. The smallest absolute Gasteiger partial charge is 0.358 e. The number of carbonyl (C=O) groups is 1. The molecule has 98 valence electrons. The zero-order valence-corrected chi connectivity index (χ0v) is 11.1. The van der Waals surface area contributed by atoms with Crippen molar-refractivity contribution in [2.45, 2.75) is 6.61 Å². The highest BCUT2D eigenvalue weighted by atomic mass is 35.5. The lowest BCUT2D eigenvalue weighted by Crippen LogP contribution is -2.06. The van der Waals surface area contributed by atoms with Gasteiger partial charge in [0.2, 0.25) is 0 Å². The zero-order valence-electron chi connectivity index (χ0n) is 10.3. The van der Waals surface area contributed by atoms with Crippen LogP contribution >= 0.6 is 11.6 Å². The number of methoxy groups -OCH3 is 1. The molecule has 0 N–H and O–H groups in total. The second-order valence-corrected chi connectivity index (χ2v) is 4.17. The van der Waals surface area contributed by atoms with Crippen LogP contribution in [0.4, 0.5) is 0 Å². The number of carbonyl (C=O) groups excluding carboxylic acids is 1. The summed E-state index contributed by atoms with van der Waals surface area (Å²) in [6.45, 7) is 0.332. The molecule has 2 aromatic rings. The lowest BCUT2D eigenvalue weighted by atomic mass is 10.2. The van der Waals surface area contributed by atoms with Gasteiger partial charge in [-0.25, -0.2) is 9.78 Å². The standard InChI is InChI=1S/C14H12ClNO3/c1-18-14(17)13-12(15)7-10(8-16-13)9-19-11-5-3-2-4-6-11/h2-8H,9H2,1H3. The van der Waals surface area contributed by atoms with Gasteiger partial charge in [-0.15, -0.1) is 0 Å². The van der Waals surface area contributed by atoms with Crippen LogP contribution in [0.15, 0.2) is 42.6 Å². The molecule has 0 aliphatic rings. The van der Waals surface area contributed by atoms with E-state index >= 15 is 0 Å². The molecule has 1 aromatic carbocycles.